The summed E-state index contributed by atoms with van der Waals surface area (Å²) in [5, 5.41) is 2.83. The highest BCUT2D eigenvalue weighted by Crippen LogP contribution is 2.29. The fourth-order valence-corrected chi connectivity index (χ4v) is 2.22. The molecule has 4 nitrogen and oxygen atoms in total. The third kappa shape index (κ3) is 2.14. The second kappa shape index (κ2) is 5.35. The molecule has 0 unspecified atom stereocenters. The van der Waals surface area contributed by atoms with Crippen LogP contribution in [-0.4, -0.2) is 26.3 Å². The van der Waals surface area contributed by atoms with Crippen molar-refractivity contribution in [2.75, 3.05) is 20.3 Å². The number of fused-ring (bicyclic) bond motifs is 3. The van der Waals surface area contributed by atoms with Crippen LogP contribution in [0.1, 0.15) is 10.4 Å². The first-order valence-corrected chi connectivity index (χ1v) is 6.36. The van der Waals surface area contributed by atoms with E-state index in [0.717, 1.165) is 16.2 Å². The number of rotatable bonds is 4. The van der Waals surface area contributed by atoms with E-state index in [1.54, 1.807) is 7.11 Å². The van der Waals surface area contributed by atoms with Gasteiger partial charge in [0.1, 0.15) is 24.0 Å². The Kier molecular flexibility index (Phi) is 3.39. The summed E-state index contributed by atoms with van der Waals surface area (Å²) in [4.78, 5) is 12.0. The summed E-state index contributed by atoms with van der Waals surface area (Å²) in [7, 11) is 1.56. The molecule has 0 bridgehead atoms. The Morgan fingerprint density at radius 3 is 2.80 bits per heavy atom. The number of hydrogen-bond donors (Lipinski definition) is 0. The Morgan fingerprint density at radius 1 is 1.10 bits per heavy atom. The van der Waals surface area contributed by atoms with Crippen LogP contribution in [0.25, 0.3) is 21.7 Å². The molecule has 0 radical (unpaired) electrons. The topological polar surface area (TPSA) is 48.7 Å². The molecule has 3 aromatic rings. The summed E-state index contributed by atoms with van der Waals surface area (Å²) in [5.41, 5.74) is 1.16. The van der Waals surface area contributed by atoms with Crippen molar-refractivity contribution in [2.45, 2.75) is 0 Å². The van der Waals surface area contributed by atoms with Gasteiger partial charge in [0.2, 0.25) is 0 Å². The first-order chi connectivity index (χ1) is 9.81. The fourth-order valence-electron chi connectivity index (χ4n) is 2.22. The summed E-state index contributed by atoms with van der Waals surface area (Å²) >= 11 is 0. The van der Waals surface area contributed by atoms with E-state index in [0.29, 0.717) is 17.8 Å². The maximum absolute atomic E-state index is 12.0. The first kappa shape index (κ1) is 12.7. The van der Waals surface area contributed by atoms with Gasteiger partial charge in [-0.2, -0.15) is 0 Å². The molecule has 1 heterocycles. The summed E-state index contributed by atoms with van der Waals surface area (Å²) < 4.78 is 15.5. The van der Waals surface area contributed by atoms with Crippen molar-refractivity contribution in [1.82, 2.24) is 0 Å². The van der Waals surface area contributed by atoms with Crippen LogP contribution >= 0.6 is 0 Å². The minimum absolute atomic E-state index is 0.232. The molecule has 0 spiro atoms. The van der Waals surface area contributed by atoms with Crippen LogP contribution in [-0.2, 0) is 9.47 Å². The lowest BCUT2D eigenvalue weighted by molar-refractivity contribution is 0.0389. The lowest BCUT2D eigenvalue weighted by atomic mass is 10.1. The molecule has 0 aliphatic heterocycles. The van der Waals surface area contributed by atoms with E-state index in [1.165, 1.54) is 6.26 Å². The van der Waals surface area contributed by atoms with Crippen molar-refractivity contribution in [3.8, 4) is 0 Å². The molecular weight excluding hydrogens is 256 g/mol. The van der Waals surface area contributed by atoms with Gasteiger partial charge in [-0.15, -0.1) is 0 Å². The van der Waals surface area contributed by atoms with Gasteiger partial charge in [-0.3, -0.25) is 0 Å². The number of carbonyl (C=O) groups excluding carboxylic acids is 1. The zero-order valence-electron chi connectivity index (χ0n) is 11.1. The molecule has 0 aliphatic rings. The van der Waals surface area contributed by atoms with Crippen LogP contribution < -0.4 is 0 Å². The molecule has 0 saturated heterocycles. The van der Waals surface area contributed by atoms with Crippen LogP contribution in [0.5, 0.6) is 0 Å². The van der Waals surface area contributed by atoms with Crippen molar-refractivity contribution >= 4 is 27.7 Å². The summed E-state index contributed by atoms with van der Waals surface area (Å²) in [6.45, 7) is 0.611. The predicted molar refractivity (Wildman–Crippen MR) is 75.9 cm³/mol. The van der Waals surface area contributed by atoms with Gasteiger partial charge in [0.25, 0.3) is 0 Å². The van der Waals surface area contributed by atoms with Crippen molar-refractivity contribution < 1.29 is 18.7 Å². The van der Waals surface area contributed by atoms with E-state index >= 15 is 0 Å². The third-order valence-corrected chi connectivity index (χ3v) is 3.20. The highest BCUT2D eigenvalue weighted by atomic mass is 16.6. The predicted octanol–water partition coefficient (Wildman–Crippen LogP) is 3.39. The van der Waals surface area contributed by atoms with Gasteiger partial charge in [-0.05, 0) is 11.5 Å². The molecule has 0 saturated carbocycles. The molecule has 0 amide bonds. The van der Waals surface area contributed by atoms with E-state index < -0.39 is 5.97 Å². The van der Waals surface area contributed by atoms with Crippen LogP contribution in [0.3, 0.4) is 0 Å². The van der Waals surface area contributed by atoms with Crippen LogP contribution in [0, 0.1) is 0 Å². The Morgan fingerprint density at radius 2 is 1.95 bits per heavy atom. The lowest BCUT2D eigenvalue weighted by Crippen LogP contribution is -2.09. The van der Waals surface area contributed by atoms with Crippen molar-refractivity contribution in [2.24, 2.45) is 0 Å². The summed E-state index contributed by atoms with van der Waals surface area (Å²) in [5.74, 6) is -0.393. The molecule has 0 N–H and O–H groups in total. The maximum Gasteiger partial charge on any atom is 0.342 e. The number of hydrogen-bond acceptors (Lipinski definition) is 4. The fraction of sp³-hybridized carbons (Fsp3) is 0.188. The van der Waals surface area contributed by atoms with Gasteiger partial charge in [-0.1, -0.05) is 30.3 Å². The number of furan rings is 1. The van der Waals surface area contributed by atoms with E-state index in [4.69, 9.17) is 13.9 Å². The number of benzene rings is 2. The van der Waals surface area contributed by atoms with Gasteiger partial charge in [0, 0.05) is 17.9 Å². The largest absolute Gasteiger partial charge is 0.463 e. The van der Waals surface area contributed by atoms with Crippen LogP contribution in [0.2, 0.25) is 0 Å². The SMILES string of the molecule is COCCOC(=O)c1coc2c1ccc1ccccc12. The van der Waals surface area contributed by atoms with Crippen molar-refractivity contribution in [3.05, 3.63) is 48.2 Å². The minimum atomic E-state index is -0.393. The Hall–Kier alpha value is -2.33. The number of ether oxygens (including phenoxy) is 2. The molecule has 3 rings (SSSR count). The summed E-state index contributed by atoms with van der Waals surface area (Å²) in [6, 6.07) is 11.8. The quantitative estimate of drug-likeness (QED) is 0.538. The van der Waals surface area contributed by atoms with Crippen LogP contribution in [0.4, 0.5) is 0 Å². The van der Waals surface area contributed by atoms with Gasteiger partial charge in [0.15, 0.2) is 0 Å². The molecule has 20 heavy (non-hydrogen) atoms. The molecule has 1 aromatic heterocycles. The zero-order valence-corrected chi connectivity index (χ0v) is 11.1. The zero-order chi connectivity index (χ0) is 13.9. The van der Waals surface area contributed by atoms with Gasteiger partial charge >= 0.3 is 5.97 Å². The smallest absolute Gasteiger partial charge is 0.342 e. The average Bonchev–Trinajstić information content (AvgIpc) is 2.92. The van der Waals surface area contributed by atoms with E-state index in [-0.39, 0.29) is 6.61 Å². The number of esters is 1. The highest BCUT2D eigenvalue weighted by molar-refractivity contribution is 6.11. The lowest BCUT2D eigenvalue weighted by Gasteiger charge is -2.02. The number of carbonyl (C=O) groups is 1. The molecule has 102 valence electrons. The van der Waals surface area contributed by atoms with Crippen LogP contribution in [0.15, 0.2) is 47.1 Å². The molecule has 0 atom stereocenters. The molecule has 0 aliphatic carbocycles. The van der Waals surface area contributed by atoms with E-state index in [1.807, 2.05) is 36.4 Å². The normalized spacial score (nSPS) is 11.1. The Bertz CT molecular complexity index is 757. The average molecular weight is 270 g/mol. The second-order valence-electron chi connectivity index (χ2n) is 4.44. The highest BCUT2D eigenvalue weighted by Gasteiger charge is 2.16. The second-order valence-corrected chi connectivity index (χ2v) is 4.44. The Balaban J connectivity index is 2.01. The van der Waals surface area contributed by atoms with Gasteiger partial charge in [0.05, 0.1) is 6.61 Å². The van der Waals surface area contributed by atoms with Gasteiger partial charge in [-0.25, -0.2) is 4.79 Å². The number of methoxy groups -OCH3 is 1. The molecule has 4 heteroatoms. The standard InChI is InChI=1S/C16H14O4/c1-18-8-9-19-16(17)14-10-20-15-12-5-3-2-4-11(12)6-7-13(14)15/h2-7,10H,8-9H2,1H3. The Labute approximate surface area is 115 Å². The van der Waals surface area contributed by atoms with E-state index in [2.05, 4.69) is 0 Å². The maximum atomic E-state index is 12.0. The van der Waals surface area contributed by atoms with Crippen molar-refractivity contribution in [1.29, 1.82) is 0 Å². The van der Waals surface area contributed by atoms with E-state index in [9.17, 15) is 4.79 Å². The first-order valence-electron chi connectivity index (χ1n) is 6.36. The molecular formula is C16H14O4. The summed E-state index contributed by atoms with van der Waals surface area (Å²) in [6.07, 6.45) is 1.45. The van der Waals surface area contributed by atoms with Crippen molar-refractivity contribution in [3.63, 3.8) is 0 Å². The van der Waals surface area contributed by atoms with Gasteiger partial charge < -0.3 is 13.9 Å². The minimum Gasteiger partial charge on any atom is -0.463 e. The molecule has 0 fully saturated rings. The molecule has 2 aromatic carbocycles. The third-order valence-electron chi connectivity index (χ3n) is 3.20. The monoisotopic (exact) mass is 270 g/mol.